The topological polar surface area (TPSA) is 86.8 Å². The number of hydrogen-bond donors (Lipinski definition) is 3. The van der Waals surface area contributed by atoms with E-state index in [4.69, 9.17) is 5.73 Å². The molecule has 5 heteroatoms. The number of aliphatic hydroxyl groups excluding tert-OH is 1. The van der Waals surface area contributed by atoms with E-state index in [0.29, 0.717) is 11.4 Å². The third-order valence-electron chi connectivity index (χ3n) is 3.40. The van der Waals surface area contributed by atoms with Gasteiger partial charge in [-0.2, -0.15) is 0 Å². The molecular formula is C13H18N2O3. The van der Waals surface area contributed by atoms with Crippen molar-refractivity contribution in [1.82, 2.24) is 0 Å². The highest BCUT2D eigenvalue weighted by molar-refractivity contribution is 5.95. The molecule has 0 aromatic heterocycles. The highest BCUT2D eigenvalue weighted by Crippen LogP contribution is 2.29. The van der Waals surface area contributed by atoms with Crippen molar-refractivity contribution in [2.75, 3.05) is 23.8 Å². The molecule has 1 saturated heterocycles. The molecule has 2 rings (SSSR count). The van der Waals surface area contributed by atoms with Crippen LogP contribution in [0.15, 0.2) is 18.2 Å². The van der Waals surface area contributed by atoms with E-state index in [2.05, 4.69) is 0 Å². The summed E-state index contributed by atoms with van der Waals surface area (Å²) in [5.74, 6) is -0.965. The van der Waals surface area contributed by atoms with Crippen LogP contribution < -0.4 is 10.6 Å². The van der Waals surface area contributed by atoms with Crippen LogP contribution >= 0.6 is 0 Å². The molecule has 0 radical (unpaired) electrons. The lowest BCUT2D eigenvalue weighted by Gasteiger charge is -2.37. The number of nitrogens with zero attached hydrogens (tertiary/aromatic N) is 1. The molecule has 5 nitrogen and oxygen atoms in total. The summed E-state index contributed by atoms with van der Waals surface area (Å²) in [6.45, 7) is 0.794. The Kier molecular flexibility index (Phi) is 3.72. The SMILES string of the molecule is Nc1ccc(C(=O)O)c(N2CCCCC2CO)c1. The van der Waals surface area contributed by atoms with E-state index in [-0.39, 0.29) is 18.2 Å². The number of piperidine rings is 1. The monoisotopic (exact) mass is 250 g/mol. The van der Waals surface area contributed by atoms with E-state index < -0.39 is 5.97 Å². The molecular weight excluding hydrogens is 232 g/mol. The lowest BCUT2D eigenvalue weighted by molar-refractivity contribution is 0.0697. The molecule has 1 fully saturated rings. The average molecular weight is 250 g/mol. The summed E-state index contributed by atoms with van der Waals surface area (Å²) in [5, 5.41) is 18.6. The Morgan fingerprint density at radius 1 is 1.44 bits per heavy atom. The van der Waals surface area contributed by atoms with Gasteiger partial charge in [-0.15, -0.1) is 0 Å². The van der Waals surface area contributed by atoms with Gasteiger partial charge in [0.25, 0.3) is 0 Å². The standard InChI is InChI=1S/C13H18N2O3/c14-9-4-5-11(13(17)18)12(7-9)15-6-2-1-3-10(15)8-16/h4-5,7,10,16H,1-3,6,8,14H2,(H,17,18). The molecule has 1 atom stereocenters. The van der Waals surface area contributed by atoms with E-state index in [1.807, 2.05) is 4.90 Å². The Bertz CT molecular complexity index is 448. The summed E-state index contributed by atoms with van der Waals surface area (Å²) in [6.07, 6.45) is 2.95. The van der Waals surface area contributed by atoms with Gasteiger partial charge in [-0.1, -0.05) is 0 Å². The Morgan fingerprint density at radius 2 is 2.22 bits per heavy atom. The van der Waals surface area contributed by atoms with Crippen LogP contribution in [0.25, 0.3) is 0 Å². The van der Waals surface area contributed by atoms with Gasteiger partial charge >= 0.3 is 5.97 Å². The number of aromatic carboxylic acids is 1. The third kappa shape index (κ3) is 2.41. The number of carboxylic acid groups (broad SMARTS) is 1. The van der Waals surface area contributed by atoms with Crippen LogP contribution in [-0.4, -0.2) is 35.4 Å². The van der Waals surface area contributed by atoms with E-state index in [0.717, 1.165) is 25.8 Å². The molecule has 1 unspecified atom stereocenters. The number of aliphatic hydroxyl groups is 1. The first-order valence-electron chi connectivity index (χ1n) is 6.14. The average Bonchev–Trinajstić information content (AvgIpc) is 2.38. The van der Waals surface area contributed by atoms with Crippen molar-refractivity contribution in [3.63, 3.8) is 0 Å². The van der Waals surface area contributed by atoms with Crippen LogP contribution in [0, 0.1) is 0 Å². The second-order valence-corrected chi connectivity index (χ2v) is 4.61. The quantitative estimate of drug-likeness (QED) is 0.704. The van der Waals surface area contributed by atoms with Crippen molar-refractivity contribution in [2.24, 2.45) is 0 Å². The van der Waals surface area contributed by atoms with E-state index in [1.165, 1.54) is 6.07 Å². The first kappa shape index (κ1) is 12.7. The van der Waals surface area contributed by atoms with Crippen molar-refractivity contribution in [2.45, 2.75) is 25.3 Å². The fourth-order valence-electron chi connectivity index (χ4n) is 2.47. The zero-order valence-electron chi connectivity index (χ0n) is 10.2. The van der Waals surface area contributed by atoms with Crippen molar-refractivity contribution >= 4 is 17.3 Å². The van der Waals surface area contributed by atoms with Crippen LogP contribution in [0.2, 0.25) is 0 Å². The number of benzene rings is 1. The smallest absolute Gasteiger partial charge is 0.337 e. The fraction of sp³-hybridized carbons (Fsp3) is 0.462. The molecule has 0 saturated carbocycles. The number of nitrogen functional groups attached to an aromatic ring is 1. The lowest BCUT2D eigenvalue weighted by Crippen LogP contribution is -2.42. The fourth-order valence-corrected chi connectivity index (χ4v) is 2.47. The maximum atomic E-state index is 11.2. The van der Waals surface area contributed by atoms with Crippen LogP contribution in [0.5, 0.6) is 0 Å². The largest absolute Gasteiger partial charge is 0.478 e. The van der Waals surface area contributed by atoms with Crippen LogP contribution in [0.3, 0.4) is 0 Å². The molecule has 1 aromatic rings. The van der Waals surface area contributed by atoms with Crippen LogP contribution in [-0.2, 0) is 0 Å². The lowest BCUT2D eigenvalue weighted by atomic mass is 10.00. The van der Waals surface area contributed by atoms with Gasteiger partial charge in [0, 0.05) is 12.2 Å². The van der Waals surface area contributed by atoms with Crippen molar-refractivity contribution in [1.29, 1.82) is 0 Å². The maximum Gasteiger partial charge on any atom is 0.337 e. The molecule has 1 heterocycles. The van der Waals surface area contributed by atoms with Gasteiger partial charge in [0.1, 0.15) is 0 Å². The second kappa shape index (κ2) is 5.27. The van der Waals surface area contributed by atoms with Crippen molar-refractivity contribution in [3.05, 3.63) is 23.8 Å². The summed E-state index contributed by atoms with van der Waals surface area (Å²) < 4.78 is 0. The molecule has 98 valence electrons. The Labute approximate surface area is 106 Å². The summed E-state index contributed by atoms with van der Waals surface area (Å²) in [7, 11) is 0. The second-order valence-electron chi connectivity index (χ2n) is 4.61. The molecule has 1 aliphatic heterocycles. The Balaban J connectivity index is 2.41. The predicted octanol–water partition coefficient (Wildman–Crippen LogP) is 1.32. The first-order valence-corrected chi connectivity index (χ1v) is 6.14. The number of hydrogen-bond acceptors (Lipinski definition) is 4. The van der Waals surface area contributed by atoms with E-state index >= 15 is 0 Å². The number of carboxylic acids is 1. The minimum Gasteiger partial charge on any atom is -0.478 e. The van der Waals surface area contributed by atoms with Gasteiger partial charge in [0.2, 0.25) is 0 Å². The highest BCUT2D eigenvalue weighted by atomic mass is 16.4. The minimum absolute atomic E-state index is 0.0151. The third-order valence-corrected chi connectivity index (χ3v) is 3.40. The van der Waals surface area contributed by atoms with Crippen LogP contribution in [0.1, 0.15) is 29.6 Å². The zero-order valence-corrected chi connectivity index (χ0v) is 10.2. The number of carbonyl (C=O) groups is 1. The van der Waals surface area contributed by atoms with Gasteiger partial charge in [0.15, 0.2) is 0 Å². The number of nitrogens with two attached hydrogens (primary N) is 1. The van der Waals surface area contributed by atoms with Gasteiger partial charge in [-0.25, -0.2) is 4.79 Å². The summed E-state index contributed by atoms with van der Waals surface area (Å²) in [6, 6.07) is 4.77. The Morgan fingerprint density at radius 3 is 2.89 bits per heavy atom. The molecule has 0 bridgehead atoms. The molecule has 4 N–H and O–H groups in total. The summed E-state index contributed by atoms with van der Waals surface area (Å²) in [4.78, 5) is 13.2. The van der Waals surface area contributed by atoms with Crippen molar-refractivity contribution in [3.8, 4) is 0 Å². The van der Waals surface area contributed by atoms with Gasteiger partial charge in [0.05, 0.1) is 23.9 Å². The predicted molar refractivity (Wildman–Crippen MR) is 69.9 cm³/mol. The molecule has 1 aromatic carbocycles. The van der Waals surface area contributed by atoms with Crippen LogP contribution in [0.4, 0.5) is 11.4 Å². The van der Waals surface area contributed by atoms with Gasteiger partial charge in [-0.05, 0) is 37.5 Å². The van der Waals surface area contributed by atoms with Gasteiger partial charge < -0.3 is 20.8 Å². The number of rotatable bonds is 3. The Hall–Kier alpha value is -1.75. The molecule has 0 spiro atoms. The molecule has 0 amide bonds. The van der Waals surface area contributed by atoms with Crippen molar-refractivity contribution < 1.29 is 15.0 Å². The van der Waals surface area contributed by atoms with E-state index in [1.54, 1.807) is 12.1 Å². The molecule has 0 aliphatic carbocycles. The summed E-state index contributed by atoms with van der Waals surface area (Å²) in [5.41, 5.74) is 7.13. The normalized spacial score (nSPS) is 19.8. The molecule has 18 heavy (non-hydrogen) atoms. The van der Waals surface area contributed by atoms with Gasteiger partial charge in [-0.3, -0.25) is 0 Å². The zero-order chi connectivity index (χ0) is 13.1. The maximum absolute atomic E-state index is 11.2. The first-order chi connectivity index (χ1) is 8.63. The highest BCUT2D eigenvalue weighted by Gasteiger charge is 2.25. The molecule has 1 aliphatic rings. The minimum atomic E-state index is -0.965. The van der Waals surface area contributed by atoms with E-state index in [9.17, 15) is 15.0 Å². The summed E-state index contributed by atoms with van der Waals surface area (Å²) >= 11 is 0. The number of anilines is 2.